The monoisotopic (exact) mass is 353 g/mol. The fourth-order valence-corrected chi connectivity index (χ4v) is 3.23. The lowest BCUT2D eigenvalue weighted by molar-refractivity contribution is -0.146. The van der Waals surface area contributed by atoms with Crippen molar-refractivity contribution in [3.63, 3.8) is 0 Å². The van der Waals surface area contributed by atoms with Gasteiger partial charge in [-0.15, -0.1) is 0 Å². The van der Waals surface area contributed by atoms with Gasteiger partial charge in [-0.3, -0.25) is 9.59 Å². The van der Waals surface area contributed by atoms with E-state index in [-0.39, 0.29) is 11.9 Å². The molecule has 1 fully saturated rings. The SMILES string of the molecule is CCC(NC(=O)[C@@H]1CCC[C@@H]1C(=O)O)c1ccc(Br)cc1. The minimum atomic E-state index is -0.857. The number of carboxylic acid groups (broad SMARTS) is 1. The Bertz CT molecular complexity index is 515. The molecule has 1 saturated carbocycles. The van der Waals surface area contributed by atoms with Crippen LogP contribution in [-0.4, -0.2) is 17.0 Å². The molecule has 114 valence electrons. The Morgan fingerprint density at radius 3 is 2.48 bits per heavy atom. The second-order valence-electron chi connectivity index (χ2n) is 5.50. The summed E-state index contributed by atoms with van der Waals surface area (Å²) >= 11 is 3.39. The average Bonchev–Trinajstić information content (AvgIpc) is 2.95. The minimum absolute atomic E-state index is 0.0688. The predicted octanol–water partition coefficient (Wildman–Crippen LogP) is 3.52. The van der Waals surface area contributed by atoms with Crippen LogP contribution in [0.2, 0.25) is 0 Å². The molecule has 0 heterocycles. The molecule has 1 aliphatic rings. The summed E-state index contributed by atoms with van der Waals surface area (Å²) in [7, 11) is 0. The molecule has 5 heteroatoms. The van der Waals surface area contributed by atoms with Gasteiger partial charge in [-0.1, -0.05) is 41.4 Å². The fourth-order valence-electron chi connectivity index (χ4n) is 2.96. The summed E-state index contributed by atoms with van der Waals surface area (Å²) in [5.41, 5.74) is 1.04. The highest BCUT2D eigenvalue weighted by molar-refractivity contribution is 9.10. The van der Waals surface area contributed by atoms with Crippen LogP contribution in [-0.2, 0) is 9.59 Å². The van der Waals surface area contributed by atoms with Crippen molar-refractivity contribution >= 4 is 27.8 Å². The van der Waals surface area contributed by atoms with Crippen LogP contribution in [0.1, 0.15) is 44.2 Å². The lowest BCUT2D eigenvalue weighted by atomic mass is 9.94. The third-order valence-corrected chi connectivity index (χ3v) is 4.70. The molecule has 0 radical (unpaired) electrons. The van der Waals surface area contributed by atoms with Gasteiger partial charge in [0.05, 0.1) is 17.9 Å². The highest BCUT2D eigenvalue weighted by atomic mass is 79.9. The molecule has 1 amide bonds. The normalized spacial score (nSPS) is 22.8. The Hall–Kier alpha value is -1.36. The number of carboxylic acids is 1. The summed E-state index contributed by atoms with van der Waals surface area (Å²) in [6.45, 7) is 2.01. The van der Waals surface area contributed by atoms with Gasteiger partial charge in [-0.25, -0.2) is 0 Å². The second-order valence-corrected chi connectivity index (χ2v) is 6.42. The third kappa shape index (κ3) is 3.84. The zero-order valence-corrected chi connectivity index (χ0v) is 13.6. The van der Waals surface area contributed by atoms with Gasteiger partial charge in [0.25, 0.3) is 0 Å². The van der Waals surface area contributed by atoms with E-state index < -0.39 is 17.8 Å². The zero-order valence-electron chi connectivity index (χ0n) is 12.0. The van der Waals surface area contributed by atoms with E-state index in [1.54, 1.807) is 0 Å². The van der Waals surface area contributed by atoms with Crippen molar-refractivity contribution in [1.82, 2.24) is 5.32 Å². The molecule has 4 nitrogen and oxygen atoms in total. The predicted molar refractivity (Wildman–Crippen MR) is 83.8 cm³/mol. The first kappa shape index (κ1) is 16.0. The molecule has 1 unspecified atom stereocenters. The van der Waals surface area contributed by atoms with Crippen LogP contribution < -0.4 is 5.32 Å². The topological polar surface area (TPSA) is 66.4 Å². The number of hydrogen-bond donors (Lipinski definition) is 2. The van der Waals surface area contributed by atoms with Gasteiger partial charge in [-0.05, 0) is 37.0 Å². The van der Waals surface area contributed by atoms with E-state index in [4.69, 9.17) is 0 Å². The van der Waals surface area contributed by atoms with Gasteiger partial charge in [0.15, 0.2) is 0 Å². The molecule has 1 aromatic carbocycles. The van der Waals surface area contributed by atoms with E-state index in [1.165, 1.54) is 0 Å². The maximum Gasteiger partial charge on any atom is 0.307 e. The van der Waals surface area contributed by atoms with Gasteiger partial charge in [0.1, 0.15) is 0 Å². The summed E-state index contributed by atoms with van der Waals surface area (Å²) in [5, 5.41) is 12.2. The molecule has 1 aliphatic carbocycles. The first-order valence-electron chi connectivity index (χ1n) is 7.31. The number of benzene rings is 1. The highest BCUT2D eigenvalue weighted by Gasteiger charge is 2.38. The number of hydrogen-bond acceptors (Lipinski definition) is 2. The largest absolute Gasteiger partial charge is 0.481 e. The van der Waals surface area contributed by atoms with E-state index in [0.717, 1.165) is 22.9 Å². The van der Waals surface area contributed by atoms with Crippen LogP contribution >= 0.6 is 15.9 Å². The molecule has 1 aromatic rings. The molecule has 0 aromatic heterocycles. The molecular weight excluding hydrogens is 334 g/mol. The van der Waals surface area contributed by atoms with E-state index in [0.29, 0.717) is 12.8 Å². The molecule has 2 N–H and O–H groups in total. The lowest BCUT2D eigenvalue weighted by Gasteiger charge is -2.22. The van der Waals surface area contributed by atoms with Crippen molar-refractivity contribution in [2.75, 3.05) is 0 Å². The first-order chi connectivity index (χ1) is 10.0. The number of carbonyl (C=O) groups excluding carboxylic acids is 1. The quantitative estimate of drug-likeness (QED) is 0.850. The van der Waals surface area contributed by atoms with Crippen LogP contribution in [0.25, 0.3) is 0 Å². The minimum Gasteiger partial charge on any atom is -0.481 e. The van der Waals surface area contributed by atoms with Gasteiger partial charge < -0.3 is 10.4 Å². The van der Waals surface area contributed by atoms with E-state index in [9.17, 15) is 14.7 Å². The molecule has 0 saturated heterocycles. The second kappa shape index (κ2) is 7.07. The van der Waals surface area contributed by atoms with Crippen molar-refractivity contribution < 1.29 is 14.7 Å². The third-order valence-electron chi connectivity index (χ3n) is 4.17. The molecule has 0 bridgehead atoms. The molecule has 21 heavy (non-hydrogen) atoms. The van der Waals surface area contributed by atoms with Crippen molar-refractivity contribution in [3.05, 3.63) is 34.3 Å². The zero-order chi connectivity index (χ0) is 15.4. The number of halogens is 1. The van der Waals surface area contributed by atoms with E-state index in [2.05, 4.69) is 21.2 Å². The summed E-state index contributed by atoms with van der Waals surface area (Å²) in [6, 6.07) is 7.77. The van der Waals surface area contributed by atoms with Crippen LogP contribution in [0.5, 0.6) is 0 Å². The Balaban J connectivity index is 2.06. The number of carbonyl (C=O) groups is 2. The van der Waals surface area contributed by atoms with Gasteiger partial charge in [-0.2, -0.15) is 0 Å². The van der Waals surface area contributed by atoms with Crippen LogP contribution in [0.3, 0.4) is 0 Å². The van der Waals surface area contributed by atoms with Gasteiger partial charge in [0.2, 0.25) is 5.91 Å². The van der Waals surface area contributed by atoms with E-state index in [1.807, 2.05) is 31.2 Å². The lowest BCUT2D eigenvalue weighted by Crippen LogP contribution is -2.37. The number of amides is 1. The maximum atomic E-state index is 12.4. The van der Waals surface area contributed by atoms with Crippen molar-refractivity contribution in [3.8, 4) is 0 Å². The van der Waals surface area contributed by atoms with Crippen LogP contribution in [0.4, 0.5) is 0 Å². The number of aliphatic carboxylic acids is 1. The van der Waals surface area contributed by atoms with Crippen molar-refractivity contribution in [1.29, 1.82) is 0 Å². The highest BCUT2D eigenvalue weighted by Crippen LogP contribution is 2.33. The Kier molecular flexibility index (Phi) is 5.39. The van der Waals surface area contributed by atoms with Gasteiger partial charge >= 0.3 is 5.97 Å². The standard InChI is InChI=1S/C16H20BrNO3/c1-2-14(10-6-8-11(17)9-7-10)18-15(19)12-4-3-5-13(12)16(20)21/h6-9,12-14H,2-5H2,1H3,(H,18,19)(H,20,21)/t12-,13+,14?/m1/s1. The average molecular weight is 354 g/mol. The summed E-state index contributed by atoms with van der Waals surface area (Å²) in [6.07, 6.45) is 2.85. The first-order valence-corrected chi connectivity index (χ1v) is 8.11. The van der Waals surface area contributed by atoms with E-state index >= 15 is 0 Å². The smallest absolute Gasteiger partial charge is 0.307 e. The maximum absolute atomic E-state index is 12.4. The fraction of sp³-hybridized carbons (Fsp3) is 0.500. The summed E-state index contributed by atoms with van der Waals surface area (Å²) in [5.74, 6) is -1.92. The molecule has 0 aliphatic heterocycles. The summed E-state index contributed by atoms with van der Waals surface area (Å²) in [4.78, 5) is 23.6. The summed E-state index contributed by atoms with van der Waals surface area (Å²) < 4.78 is 0.995. The van der Waals surface area contributed by atoms with Crippen LogP contribution in [0.15, 0.2) is 28.7 Å². The van der Waals surface area contributed by atoms with Crippen molar-refractivity contribution in [2.24, 2.45) is 11.8 Å². The molecule has 0 spiro atoms. The molecule has 3 atom stereocenters. The molecule has 2 rings (SSSR count). The Labute approximate surface area is 133 Å². The van der Waals surface area contributed by atoms with Crippen molar-refractivity contribution in [2.45, 2.75) is 38.6 Å². The Morgan fingerprint density at radius 2 is 1.90 bits per heavy atom. The van der Waals surface area contributed by atoms with Crippen LogP contribution in [0, 0.1) is 11.8 Å². The molecular formula is C16H20BrNO3. The number of rotatable bonds is 5. The van der Waals surface area contributed by atoms with Gasteiger partial charge in [0, 0.05) is 4.47 Å². The number of nitrogens with one attached hydrogen (secondary N) is 1. The Morgan fingerprint density at radius 1 is 1.29 bits per heavy atom.